The molecule has 0 atom stereocenters. The molecule has 0 rings (SSSR count). The molecule has 0 amide bonds. The van der Waals surface area contributed by atoms with Crippen LogP contribution in [0.15, 0.2) is 0 Å². The molecule has 0 aliphatic carbocycles. The Morgan fingerprint density at radius 1 is 1.00 bits per heavy atom. The summed E-state index contributed by atoms with van der Waals surface area (Å²) in [6, 6.07) is 0. The third-order valence-electron chi connectivity index (χ3n) is 0. The van der Waals surface area contributed by atoms with Crippen LogP contribution in [0.2, 0.25) is 0 Å². The van der Waals surface area contributed by atoms with Gasteiger partial charge in [0.2, 0.25) is 0 Å². The number of hydrogen-bond acceptors (Lipinski definition) is 0. The van der Waals surface area contributed by atoms with Gasteiger partial charge in [-0.15, -0.1) is 0 Å². The van der Waals surface area contributed by atoms with Crippen LogP contribution in [-0.4, -0.2) is 5.48 Å². The summed E-state index contributed by atoms with van der Waals surface area (Å²) in [4.78, 5) is 0. The molecule has 0 bridgehead atoms. The molecule has 2 N–H and O–H groups in total. The van der Waals surface area contributed by atoms with Crippen molar-refractivity contribution in [3.8, 4) is 0 Å². The Labute approximate surface area is 49.6 Å². The van der Waals surface area contributed by atoms with Gasteiger partial charge >= 0.3 is 44.6 Å². The van der Waals surface area contributed by atoms with E-state index in [2.05, 4.69) is 0 Å². The summed E-state index contributed by atoms with van der Waals surface area (Å²) in [5, 5.41) is 0. The van der Waals surface area contributed by atoms with E-state index in [9.17, 15) is 0 Å². The molecule has 5 heavy (non-hydrogen) atoms. The van der Waals surface area contributed by atoms with E-state index in [0.717, 1.165) is 0 Å². The Hall–Kier alpha value is 1.84. The summed E-state index contributed by atoms with van der Waals surface area (Å²) in [5.74, 6) is 0. The van der Waals surface area contributed by atoms with Gasteiger partial charge in [-0.25, -0.2) is 0 Å². The van der Waals surface area contributed by atoms with Crippen LogP contribution in [0.3, 0.4) is 0 Å². The van der Waals surface area contributed by atoms with Gasteiger partial charge in [-0.2, -0.15) is 0 Å². The monoisotopic (exact) mass is 359 g/mol. The fraction of sp³-hybridized carbons (Fsp3) is 0. The van der Waals surface area contributed by atoms with Crippen LogP contribution in [0.5, 0.6) is 0 Å². The van der Waals surface area contributed by atoms with E-state index in [1.165, 1.54) is 0 Å². The fourth-order valence-corrected chi connectivity index (χ4v) is 0. The molecule has 1 nitrogen and oxygen atoms in total. The second-order valence-corrected chi connectivity index (χ2v) is 16.1. The second-order valence-electron chi connectivity index (χ2n) is 0.192. The van der Waals surface area contributed by atoms with Crippen LogP contribution in [0.1, 0.15) is 0 Å². The topological polar surface area (TPSA) is 31.5 Å². The van der Waals surface area contributed by atoms with E-state index >= 15 is 0 Å². The zero-order valence-electron chi connectivity index (χ0n) is 2.08. The van der Waals surface area contributed by atoms with Crippen molar-refractivity contribution in [2.45, 2.75) is 0 Å². The number of rotatable bonds is 0. The molecule has 0 saturated carbocycles. The van der Waals surface area contributed by atoms with Gasteiger partial charge in [0.25, 0.3) is 0 Å². The van der Waals surface area contributed by atoms with Crippen molar-refractivity contribution < 1.29 is 26.6 Å². The summed E-state index contributed by atoms with van der Waals surface area (Å²) < 4.78 is 0. The van der Waals surface area contributed by atoms with Crippen molar-refractivity contribution in [3.05, 3.63) is 0 Å². The molecule has 0 aliphatic rings. The van der Waals surface area contributed by atoms with Crippen molar-refractivity contribution in [2.24, 2.45) is 0 Å². The van der Waals surface area contributed by atoms with Crippen LogP contribution in [0.4, 0.5) is 0 Å². The normalized spacial score (nSPS) is 5.40. The van der Waals surface area contributed by atoms with Crippen LogP contribution in [0, 0.1) is 21.1 Å². The molecule has 0 aromatic heterocycles. The number of halogens is 3. The first-order chi connectivity index (χ1) is 1.73. The van der Waals surface area contributed by atoms with Gasteiger partial charge in [-0.05, 0) is 0 Å². The summed E-state index contributed by atoms with van der Waals surface area (Å²) in [5.41, 5.74) is 0. The average Bonchev–Trinajstić information content (AvgIpc) is 0.811. The zero-order chi connectivity index (χ0) is 3.58. The molecular weight excluding hydrogens is 359 g/mol. The summed E-state index contributed by atoms with van der Waals surface area (Å²) in [6.45, 7) is 0. The number of hydrogen-bond donors (Lipinski definition) is 0. The van der Waals surface area contributed by atoms with Crippen LogP contribution >= 0.6 is 23.5 Å². The summed E-state index contributed by atoms with van der Waals surface area (Å²) in [6.07, 6.45) is 0. The standard InChI is InChI=1S/3ClH.Np.H2O/h3*1H;;1H2/q;;;+3;/p-3. The molecule has 0 aromatic carbocycles. The van der Waals surface area contributed by atoms with Crippen molar-refractivity contribution in [2.75, 3.05) is 0 Å². The van der Waals surface area contributed by atoms with E-state index in [1.807, 2.05) is 0 Å². The Balaban J connectivity index is 0. The van der Waals surface area contributed by atoms with E-state index in [4.69, 9.17) is 23.5 Å². The SMILES string of the molecule is O.[Cl][Np]([Cl])[Cl]. The van der Waals surface area contributed by atoms with Gasteiger partial charge in [0.15, 0.2) is 0 Å². The first-order valence-electron chi connectivity index (χ1n) is 0.507. The second kappa shape index (κ2) is 5.84. The van der Waals surface area contributed by atoms with Crippen LogP contribution < -0.4 is 0 Å². The van der Waals surface area contributed by atoms with E-state index in [-0.39, 0.29) is 5.48 Å². The van der Waals surface area contributed by atoms with E-state index < -0.39 is 21.1 Å². The first kappa shape index (κ1) is 9.96. The first-order valence-corrected chi connectivity index (χ1v) is 14.2. The zero-order valence-corrected chi connectivity index (χ0v) is 8.07. The molecule has 0 saturated heterocycles. The van der Waals surface area contributed by atoms with Crippen molar-refractivity contribution in [1.82, 2.24) is 0 Å². The predicted octanol–water partition coefficient (Wildman–Crippen LogP) is 1.24. The minimum absolute atomic E-state index is 0. The molecule has 34 valence electrons. The third-order valence-corrected chi connectivity index (χ3v) is 0. The molecule has 0 aliphatic heterocycles. The van der Waals surface area contributed by atoms with Gasteiger partial charge in [0.05, 0.1) is 0 Å². The van der Waals surface area contributed by atoms with Gasteiger partial charge in [-0.3, -0.25) is 0 Å². The van der Waals surface area contributed by atoms with E-state index in [0.29, 0.717) is 0 Å². The molecule has 0 radical (unpaired) electrons. The maximum absolute atomic E-state index is 5.02. The molecule has 0 heterocycles. The molecule has 0 aromatic rings. The molecule has 5 heteroatoms. The summed E-state index contributed by atoms with van der Waals surface area (Å²) >= 11 is -2.26. The van der Waals surface area contributed by atoms with E-state index in [1.54, 1.807) is 0 Å². The summed E-state index contributed by atoms with van der Waals surface area (Å²) in [7, 11) is 15.1. The molecule has 0 unspecified atom stereocenters. The Morgan fingerprint density at radius 2 is 1.00 bits per heavy atom. The fourth-order valence-electron chi connectivity index (χ4n) is 0. The van der Waals surface area contributed by atoms with Gasteiger partial charge in [0.1, 0.15) is 0 Å². The van der Waals surface area contributed by atoms with Gasteiger partial charge in [-0.1, -0.05) is 0 Å². The van der Waals surface area contributed by atoms with Crippen molar-refractivity contribution >= 4 is 23.5 Å². The third kappa shape index (κ3) is 25.4. The van der Waals surface area contributed by atoms with Crippen molar-refractivity contribution in [1.29, 1.82) is 0 Å². The van der Waals surface area contributed by atoms with Crippen LogP contribution in [-0.2, 0) is 0 Å². The molecule has 0 fully saturated rings. The Kier molecular flexibility index (Phi) is 11.6. The van der Waals surface area contributed by atoms with Gasteiger partial charge in [0, 0.05) is 0 Å². The average molecular weight is 361 g/mol. The molecule has 0 spiro atoms. The predicted molar refractivity (Wildman–Crippen MR) is 21.2 cm³/mol. The molecular formula is H2Cl3NpO. The maximum atomic E-state index is 5.02. The minimum atomic E-state index is -2.26. The quantitative estimate of drug-likeness (QED) is 0.622. The van der Waals surface area contributed by atoms with Gasteiger partial charge < -0.3 is 5.48 Å². The Morgan fingerprint density at radius 3 is 1.00 bits per heavy atom. The Bertz CT molecular complexity index is 11.6. The van der Waals surface area contributed by atoms with Crippen molar-refractivity contribution in [3.63, 3.8) is 0 Å². The van der Waals surface area contributed by atoms with Crippen LogP contribution in [0.25, 0.3) is 0 Å².